The first-order valence-corrected chi connectivity index (χ1v) is 6.14. The summed E-state index contributed by atoms with van der Waals surface area (Å²) in [6.07, 6.45) is 1.05. The zero-order chi connectivity index (χ0) is 12.7. The zero-order valence-corrected chi connectivity index (χ0v) is 11.3. The summed E-state index contributed by atoms with van der Waals surface area (Å²) in [4.78, 5) is 2.02. The SMILES string of the molecule is CN(Cc1ccc(Br)o1)C[C@H](C#N)CCC#N. The molecule has 0 aliphatic heterocycles. The van der Waals surface area contributed by atoms with Gasteiger partial charge in [0.05, 0.1) is 24.6 Å². The van der Waals surface area contributed by atoms with Crippen molar-refractivity contribution in [3.8, 4) is 12.1 Å². The van der Waals surface area contributed by atoms with E-state index in [2.05, 4.69) is 28.1 Å². The highest BCUT2D eigenvalue weighted by molar-refractivity contribution is 9.10. The lowest BCUT2D eigenvalue weighted by molar-refractivity contribution is 0.265. The summed E-state index contributed by atoms with van der Waals surface area (Å²) < 4.78 is 6.10. The van der Waals surface area contributed by atoms with Gasteiger partial charge >= 0.3 is 0 Å². The van der Waals surface area contributed by atoms with Crippen molar-refractivity contribution >= 4 is 15.9 Å². The van der Waals surface area contributed by atoms with Crippen LogP contribution in [0.4, 0.5) is 0 Å². The Balaban J connectivity index is 2.40. The van der Waals surface area contributed by atoms with Gasteiger partial charge in [-0.05, 0) is 41.5 Å². The van der Waals surface area contributed by atoms with Gasteiger partial charge in [0.15, 0.2) is 4.67 Å². The van der Waals surface area contributed by atoms with E-state index in [9.17, 15) is 0 Å². The van der Waals surface area contributed by atoms with Crippen LogP contribution in [0.1, 0.15) is 18.6 Å². The van der Waals surface area contributed by atoms with Crippen LogP contribution >= 0.6 is 15.9 Å². The molecule has 1 aromatic rings. The molecule has 4 nitrogen and oxygen atoms in total. The first-order valence-electron chi connectivity index (χ1n) is 5.35. The first-order chi connectivity index (χ1) is 8.15. The predicted octanol–water partition coefficient (Wildman–Crippen LogP) is 2.92. The minimum absolute atomic E-state index is 0.0990. The lowest BCUT2D eigenvalue weighted by Gasteiger charge is -2.17. The third-order valence-electron chi connectivity index (χ3n) is 2.37. The van der Waals surface area contributed by atoms with E-state index in [-0.39, 0.29) is 5.92 Å². The molecule has 1 atom stereocenters. The molecule has 17 heavy (non-hydrogen) atoms. The van der Waals surface area contributed by atoms with Crippen LogP contribution in [0.5, 0.6) is 0 Å². The number of nitriles is 2. The second-order valence-corrected chi connectivity index (χ2v) is 4.71. The molecule has 1 aromatic heterocycles. The van der Waals surface area contributed by atoms with Gasteiger partial charge in [0.1, 0.15) is 5.76 Å². The number of furan rings is 1. The number of nitrogens with zero attached hydrogens (tertiary/aromatic N) is 3. The van der Waals surface area contributed by atoms with Gasteiger partial charge in [-0.3, -0.25) is 4.90 Å². The molecule has 90 valence electrons. The van der Waals surface area contributed by atoms with E-state index in [0.29, 0.717) is 30.6 Å². The molecule has 0 N–H and O–H groups in total. The minimum atomic E-state index is -0.0990. The van der Waals surface area contributed by atoms with Crippen molar-refractivity contribution in [2.45, 2.75) is 19.4 Å². The Morgan fingerprint density at radius 3 is 2.76 bits per heavy atom. The Hall–Kier alpha value is -1.30. The second kappa shape index (κ2) is 7.11. The molecule has 0 radical (unpaired) electrons. The molecule has 0 aliphatic carbocycles. The molecular weight excluding hydrogens is 282 g/mol. The number of hydrogen-bond donors (Lipinski definition) is 0. The summed E-state index contributed by atoms with van der Waals surface area (Å²) in [5.41, 5.74) is 0. The Labute approximate surface area is 110 Å². The summed E-state index contributed by atoms with van der Waals surface area (Å²) in [6.45, 7) is 1.31. The molecule has 0 saturated heterocycles. The maximum atomic E-state index is 8.95. The molecule has 0 fully saturated rings. The molecule has 0 spiro atoms. The molecule has 0 unspecified atom stereocenters. The fraction of sp³-hybridized carbons (Fsp3) is 0.500. The van der Waals surface area contributed by atoms with E-state index in [4.69, 9.17) is 14.9 Å². The molecule has 0 amide bonds. The molecule has 5 heteroatoms. The fourth-order valence-electron chi connectivity index (χ4n) is 1.58. The van der Waals surface area contributed by atoms with E-state index in [0.717, 1.165) is 5.76 Å². The second-order valence-electron chi connectivity index (χ2n) is 3.93. The van der Waals surface area contributed by atoms with Gasteiger partial charge in [0.2, 0.25) is 0 Å². The first kappa shape index (κ1) is 13.8. The molecular formula is C12H14BrN3O. The van der Waals surface area contributed by atoms with Crippen molar-refractivity contribution in [3.05, 3.63) is 22.6 Å². The van der Waals surface area contributed by atoms with Crippen LogP contribution in [0.3, 0.4) is 0 Å². The maximum absolute atomic E-state index is 8.95. The van der Waals surface area contributed by atoms with Gasteiger partial charge in [0.25, 0.3) is 0 Å². The Morgan fingerprint density at radius 2 is 2.24 bits per heavy atom. The quantitative estimate of drug-likeness (QED) is 0.809. The monoisotopic (exact) mass is 295 g/mol. The van der Waals surface area contributed by atoms with E-state index < -0.39 is 0 Å². The Kier molecular flexibility index (Phi) is 5.76. The number of hydrogen-bond acceptors (Lipinski definition) is 4. The standard InChI is InChI=1S/C12H14BrN3O/c1-16(8-10(7-15)3-2-6-14)9-11-4-5-12(13)17-11/h4-5,10H,2-3,8-9H2,1H3/t10-/m0/s1. The summed E-state index contributed by atoms with van der Waals surface area (Å²) in [7, 11) is 1.94. The number of halogens is 1. The average Bonchev–Trinajstić information content (AvgIpc) is 2.69. The minimum Gasteiger partial charge on any atom is -0.453 e. The van der Waals surface area contributed by atoms with Crippen LogP contribution in [0.25, 0.3) is 0 Å². The van der Waals surface area contributed by atoms with Gasteiger partial charge in [-0.1, -0.05) is 0 Å². The van der Waals surface area contributed by atoms with Crippen molar-refractivity contribution in [3.63, 3.8) is 0 Å². The van der Waals surface area contributed by atoms with Crippen molar-refractivity contribution in [2.75, 3.05) is 13.6 Å². The van der Waals surface area contributed by atoms with Gasteiger partial charge in [-0.15, -0.1) is 0 Å². The maximum Gasteiger partial charge on any atom is 0.169 e. The van der Waals surface area contributed by atoms with Crippen LogP contribution < -0.4 is 0 Å². The van der Waals surface area contributed by atoms with E-state index in [1.165, 1.54) is 0 Å². The summed E-state index contributed by atoms with van der Waals surface area (Å²) in [6, 6.07) is 8.04. The van der Waals surface area contributed by atoms with E-state index in [1.807, 2.05) is 24.1 Å². The van der Waals surface area contributed by atoms with Crippen molar-refractivity contribution in [2.24, 2.45) is 5.92 Å². The normalized spacial score (nSPS) is 12.1. The molecule has 1 heterocycles. The third-order valence-corrected chi connectivity index (χ3v) is 2.80. The molecule has 0 bridgehead atoms. The van der Waals surface area contributed by atoms with Crippen LogP contribution in [-0.4, -0.2) is 18.5 Å². The van der Waals surface area contributed by atoms with Gasteiger partial charge in [-0.25, -0.2) is 0 Å². The van der Waals surface area contributed by atoms with E-state index in [1.54, 1.807) is 0 Å². The number of rotatable bonds is 6. The summed E-state index contributed by atoms with van der Waals surface area (Å²) in [5.74, 6) is 0.759. The molecule has 0 saturated carbocycles. The molecule has 1 rings (SSSR count). The van der Waals surface area contributed by atoms with Gasteiger partial charge < -0.3 is 4.42 Å². The van der Waals surface area contributed by atoms with E-state index >= 15 is 0 Å². The van der Waals surface area contributed by atoms with Crippen LogP contribution in [0, 0.1) is 28.6 Å². The van der Waals surface area contributed by atoms with Crippen LogP contribution in [-0.2, 0) is 6.54 Å². The lowest BCUT2D eigenvalue weighted by atomic mass is 10.1. The smallest absolute Gasteiger partial charge is 0.169 e. The van der Waals surface area contributed by atoms with Gasteiger partial charge in [0, 0.05) is 13.0 Å². The topological polar surface area (TPSA) is 64.0 Å². The van der Waals surface area contributed by atoms with Crippen LogP contribution in [0.2, 0.25) is 0 Å². The predicted molar refractivity (Wildman–Crippen MR) is 66.7 cm³/mol. The average molecular weight is 296 g/mol. The lowest BCUT2D eigenvalue weighted by Crippen LogP contribution is -2.24. The summed E-state index contributed by atoms with van der Waals surface area (Å²) >= 11 is 3.25. The Bertz CT molecular complexity index is 430. The highest BCUT2D eigenvalue weighted by Gasteiger charge is 2.12. The van der Waals surface area contributed by atoms with Crippen molar-refractivity contribution in [1.82, 2.24) is 4.90 Å². The summed E-state index contributed by atoms with van der Waals surface area (Å²) in [5, 5.41) is 17.4. The fourth-order valence-corrected chi connectivity index (χ4v) is 1.92. The van der Waals surface area contributed by atoms with Crippen molar-refractivity contribution in [1.29, 1.82) is 10.5 Å². The Morgan fingerprint density at radius 1 is 1.47 bits per heavy atom. The molecule has 0 aliphatic rings. The zero-order valence-electron chi connectivity index (χ0n) is 9.69. The highest BCUT2D eigenvalue weighted by atomic mass is 79.9. The van der Waals surface area contributed by atoms with Crippen LogP contribution in [0.15, 0.2) is 21.2 Å². The largest absolute Gasteiger partial charge is 0.453 e. The van der Waals surface area contributed by atoms with Crippen molar-refractivity contribution < 1.29 is 4.42 Å². The molecule has 0 aromatic carbocycles. The van der Waals surface area contributed by atoms with Gasteiger partial charge in [-0.2, -0.15) is 10.5 Å². The highest BCUT2D eigenvalue weighted by Crippen LogP contribution is 2.16. The third kappa shape index (κ3) is 5.04.